The number of anilines is 3. The van der Waals surface area contributed by atoms with E-state index >= 15 is 4.39 Å². The van der Waals surface area contributed by atoms with Gasteiger partial charge in [0.1, 0.15) is 5.82 Å². The van der Waals surface area contributed by atoms with Gasteiger partial charge in [0.2, 0.25) is 0 Å². The molecule has 0 bridgehead atoms. The summed E-state index contributed by atoms with van der Waals surface area (Å²) in [5, 5.41) is 8.48. The molecule has 0 spiro atoms. The summed E-state index contributed by atoms with van der Waals surface area (Å²) in [4.78, 5) is 28.8. The molecule has 1 atom stereocenters. The van der Waals surface area contributed by atoms with Crippen LogP contribution in [0.5, 0.6) is 0 Å². The molecular weight excluding hydrogens is 585 g/mol. The summed E-state index contributed by atoms with van der Waals surface area (Å²) in [6.45, 7) is 6.68. The maximum absolute atomic E-state index is 16.6. The zero-order chi connectivity index (χ0) is 31.2. The third-order valence-corrected chi connectivity index (χ3v) is 8.34. The highest BCUT2D eigenvalue weighted by molar-refractivity contribution is 7.89. The fourth-order valence-corrected chi connectivity index (χ4v) is 6.12. The molecule has 0 unspecified atom stereocenters. The Hall–Kier alpha value is -4.24. The second-order valence-electron chi connectivity index (χ2n) is 10.6. The smallest absolute Gasteiger partial charge is 0.297 e. The molecule has 11 nitrogen and oxygen atoms in total. The lowest BCUT2D eigenvalue weighted by Gasteiger charge is -2.37. The van der Waals surface area contributed by atoms with E-state index in [0.717, 1.165) is 5.56 Å². The summed E-state index contributed by atoms with van der Waals surface area (Å²) in [6.07, 6.45) is -0.0895. The van der Waals surface area contributed by atoms with Gasteiger partial charge in [-0.15, -0.1) is 0 Å². The van der Waals surface area contributed by atoms with Gasteiger partial charge in [0.15, 0.2) is 16.7 Å². The summed E-state index contributed by atoms with van der Waals surface area (Å²) >= 11 is 0. The van der Waals surface area contributed by atoms with Crippen molar-refractivity contribution in [2.75, 3.05) is 41.3 Å². The van der Waals surface area contributed by atoms with Crippen LogP contribution in [0.1, 0.15) is 42.0 Å². The molecule has 15 heteroatoms. The largest absolute Gasteiger partial charge is 0.376 e. The van der Waals surface area contributed by atoms with Crippen molar-refractivity contribution in [3.05, 3.63) is 75.5 Å². The minimum Gasteiger partial charge on any atom is -0.376 e. The van der Waals surface area contributed by atoms with Crippen molar-refractivity contribution in [2.45, 2.75) is 38.3 Å². The number of primary sulfonamides is 1. The lowest BCUT2D eigenvalue weighted by atomic mass is 9.97. The van der Waals surface area contributed by atoms with Crippen LogP contribution in [0.4, 0.5) is 30.4 Å². The number of piperazine rings is 1. The molecule has 0 saturated carbocycles. The second kappa shape index (κ2) is 11.4. The van der Waals surface area contributed by atoms with Crippen LogP contribution in [0.25, 0.3) is 10.8 Å². The average molecular weight is 617 g/mol. The van der Waals surface area contributed by atoms with Gasteiger partial charge in [-0.1, -0.05) is 6.07 Å². The number of aryl methyl sites for hydroxylation is 2. The van der Waals surface area contributed by atoms with Crippen LogP contribution in [-0.4, -0.2) is 54.1 Å². The van der Waals surface area contributed by atoms with Gasteiger partial charge in [0.25, 0.3) is 22.0 Å². The predicted molar refractivity (Wildman–Crippen MR) is 158 cm³/mol. The van der Waals surface area contributed by atoms with Crippen molar-refractivity contribution < 1.29 is 21.6 Å². The van der Waals surface area contributed by atoms with E-state index in [1.807, 2.05) is 4.90 Å². The van der Waals surface area contributed by atoms with Crippen LogP contribution in [0.2, 0.25) is 0 Å². The molecule has 1 fully saturated rings. The van der Waals surface area contributed by atoms with E-state index in [9.17, 15) is 22.0 Å². The van der Waals surface area contributed by atoms with E-state index in [0.29, 0.717) is 43.1 Å². The number of sulfonamides is 1. The van der Waals surface area contributed by atoms with Crippen molar-refractivity contribution >= 4 is 38.0 Å². The first-order valence-electron chi connectivity index (χ1n) is 13.5. The SMILES string of the molecule is Cc1cc([C@@H](C)Nc2ccc(C)nc2S(N)(=O)=O)c2c(F)c(N3CCN(c4cnc(C(F)F)nc4)CC3)n(C)c(=O)c2c1. The Bertz CT molecular complexity index is 1860. The van der Waals surface area contributed by atoms with Crippen LogP contribution in [0.15, 0.2) is 46.5 Å². The third-order valence-electron chi connectivity index (χ3n) is 7.49. The first-order chi connectivity index (χ1) is 20.3. The number of nitrogens with two attached hydrogens (primary N) is 1. The average Bonchev–Trinajstić information content (AvgIpc) is 2.96. The highest BCUT2D eigenvalue weighted by Crippen LogP contribution is 2.34. The molecule has 4 aromatic rings. The molecule has 43 heavy (non-hydrogen) atoms. The van der Waals surface area contributed by atoms with Crippen molar-refractivity contribution in [3.63, 3.8) is 0 Å². The van der Waals surface area contributed by atoms with Gasteiger partial charge in [0, 0.05) is 50.3 Å². The summed E-state index contributed by atoms with van der Waals surface area (Å²) in [5.41, 5.74) is 1.98. The van der Waals surface area contributed by atoms with Crippen molar-refractivity contribution in [2.24, 2.45) is 12.2 Å². The van der Waals surface area contributed by atoms with Crippen LogP contribution in [0, 0.1) is 19.7 Å². The molecule has 4 heterocycles. The van der Waals surface area contributed by atoms with Crippen LogP contribution in [-0.2, 0) is 17.1 Å². The molecule has 0 aliphatic carbocycles. The van der Waals surface area contributed by atoms with E-state index in [4.69, 9.17) is 5.14 Å². The van der Waals surface area contributed by atoms with Gasteiger partial charge in [0.05, 0.1) is 29.2 Å². The Labute approximate surface area is 246 Å². The molecule has 3 aromatic heterocycles. The van der Waals surface area contributed by atoms with E-state index < -0.39 is 34.1 Å². The highest BCUT2D eigenvalue weighted by Gasteiger charge is 2.28. The number of rotatable bonds is 7. The zero-order valence-electron chi connectivity index (χ0n) is 24.0. The van der Waals surface area contributed by atoms with E-state index in [2.05, 4.69) is 20.3 Å². The monoisotopic (exact) mass is 616 g/mol. The van der Waals surface area contributed by atoms with Crippen LogP contribution < -0.4 is 25.8 Å². The highest BCUT2D eigenvalue weighted by atomic mass is 32.2. The molecule has 0 amide bonds. The minimum absolute atomic E-state index is 0.112. The Morgan fingerprint density at radius 2 is 1.65 bits per heavy atom. The van der Waals surface area contributed by atoms with Gasteiger partial charge >= 0.3 is 0 Å². The summed E-state index contributed by atoms with van der Waals surface area (Å²) in [6, 6.07) is 5.92. The number of nitrogens with one attached hydrogen (secondary N) is 1. The molecular formula is C28H31F3N8O3S. The Morgan fingerprint density at radius 1 is 1.02 bits per heavy atom. The van der Waals surface area contributed by atoms with Gasteiger partial charge in [-0.2, -0.15) is 0 Å². The van der Waals surface area contributed by atoms with Gasteiger partial charge < -0.3 is 15.1 Å². The summed E-state index contributed by atoms with van der Waals surface area (Å²) < 4.78 is 68.0. The maximum atomic E-state index is 16.6. The first kappa shape index (κ1) is 30.2. The lowest BCUT2D eigenvalue weighted by molar-refractivity contribution is 0.140. The van der Waals surface area contributed by atoms with Crippen molar-refractivity contribution in [3.8, 4) is 0 Å². The quantitative estimate of drug-likeness (QED) is 0.319. The first-order valence-corrected chi connectivity index (χ1v) is 15.0. The topological polar surface area (TPSA) is 139 Å². The zero-order valence-corrected chi connectivity index (χ0v) is 24.8. The van der Waals surface area contributed by atoms with Crippen LogP contribution in [0.3, 0.4) is 0 Å². The van der Waals surface area contributed by atoms with Crippen molar-refractivity contribution in [1.82, 2.24) is 19.5 Å². The number of aromatic nitrogens is 4. The molecule has 1 aliphatic rings. The Morgan fingerprint density at radius 3 is 2.26 bits per heavy atom. The number of pyridine rings is 2. The van der Waals surface area contributed by atoms with E-state index in [1.165, 1.54) is 24.0 Å². The normalized spacial score (nSPS) is 14.9. The fourth-order valence-electron chi connectivity index (χ4n) is 5.41. The lowest BCUT2D eigenvalue weighted by Crippen LogP contribution is -2.48. The molecule has 0 radical (unpaired) electrons. The summed E-state index contributed by atoms with van der Waals surface area (Å²) in [7, 11) is -2.64. The number of halogens is 3. The molecule has 1 aromatic carbocycles. The maximum Gasteiger partial charge on any atom is 0.297 e. The number of alkyl halides is 2. The Kier molecular flexibility index (Phi) is 8.05. The predicted octanol–water partition coefficient (Wildman–Crippen LogP) is 3.56. The molecule has 5 rings (SSSR count). The van der Waals surface area contributed by atoms with Crippen LogP contribution >= 0.6 is 0 Å². The van der Waals surface area contributed by atoms with Gasteiger partial charge in [-0.3, -0.25) is 9.36 Å². The summed E-state index contributed by atoms with van der Waals surface area (Å²) in [5.74, 6) is -1.03. The molecule has 3 N–H and O–H groups in total. The molecule has 1 aliphatic heterocycles. The third kappa shape index (κ3) is 5.86. The number of nitrogens with zero attached hydrogens (tertiary/aromatic N) is 6. The van der Waals surface area contributed by atoms with Gasteiger partial charge in [-0.05, 0) is 50.1 Å². The van der Waals surface area contributed by atoms with E-state index in [1.54, 1.807) is 49.9 Å². The fraction of sp³-hybridized carbons (Fsp3) is 0.357. The number of fused-ring (bicyclic) bond motifs is 1. The van der Waals surface area contributed by atoms with Gasteiger partial charge in [-0.25, -0.2) is 41.7 Å². The van der Waals surface area contributed by atoms with Crippen molar-refractivity contribution in [1.29, 1.82) is 0 Å². The number of hydrogen-bond acceptors (Lipinski definition) is 9. The molecule has 1 saturated heterocycles. The Balaban J connectivity index is 1.51. The molecule has 228 valence electrons. The second-order valence-corrected chi connectivity index (χ2v) is 12.0. The van der Waals surface area contributed by atoms with E-state index in [-0.39, 0.29) is 32.9 Å². The standard InChI is InChI=1S/C28H31F3N8O3S/c1-15-11-19(17(3)36-21-6-5-16(2)35-26(21)43(32,41)42)22-20(12-15)28(40)37(4)27(23(22)29)39-9-7-38(8-10-39)18-13-33-25(24(30)31)34-14-18/h5-6,11-14,17,24,36H,7-10H2,1-4H3,(H2,32,41,42)/t17-/m1/s1. The minimum atomic E-state index is -4.16. The number of hydrogen-bond donors (Lipinski definition) is 2. The number of benzene rings is 1.